The molecule has 0 aliphatic heterocycles. The third-order valence-corrected chi connectivity index (χ3v) is 2.19. The number of nitrogens with two attached hydrogens (primary N) is 1. The van der Waals surface area contributed by atoms with Gasteiger partial charge in [-0.1, -0.05) is 19.4 Å². The molecule has 2 nitrogen and oxygen atoms in total. The molecule has 0 bridgehead atoms. The molecule has 0 spiro atoms. The summed E-state index contributed by atoms with van der Waals surface area (Å²) in [5.41, 5.74) is 7.74. The average Bonchev–Trinajstić information content (AvgIpc) is 2.10. The van der Waals surface area contributed by atoms with Gasteiger partial charge in [0, 0.05) is 0 Å². The Morgan fingerprint density at radius 1 is 1.43 bits per heavy atom. The van der Waals surface area contributed by atoms with E-state index in [1.165, 1.54) is 0 Å². The fourth-order valence-corrected chi connectivity index (χ4v) is 1.46. The molecular formula is C12H19NO. The fourth-order valence-electron chi connectivity index (χ4n) is 1.46. The van der Waals surface area contributed by atoms with Gasteiger partial charge < -0.3 is 10.5 Å². The molecule has 78 valence electrons. The van der Waals surface area contributed by atoms with E-state index in [2.05, 4.69) is 13.8 Å². The molecule has 0 saturated heterocycles. The molecule has 0 saturated carbocycles. The lowest BCUT2D eigenvalue weighted by Gasteiger charge is -2.15. The van der Waals surface area contributed by atoms with Crippen molar-refractivity contribution < 1.29 is 4.74 Å². The summed E-state index contributed by atoms with van der Waals surface area (Å²) in [6, 6.07) is 5.90. The van der Waals surface area contributed by atoms with E-state index in [0.717, 1.165) is 29.8 Å². The van der Waals surface area contributed by atoms with Crippen LogP contribution in [-0.4, -0.2) is 6.10 Å². The minimum atomic E-state index is 0.241. The molecule has 0 aliphatic rings. The van der Waals surface area contributed by atoms with E-state index in [1.807, 2.05) is 25.1 Å². The van der Waals surface area contributed by atoms with Crippen molar-refractivity contribution in [1.29, 1.82) is 0 Å². The molecule has 2 heteroatoms. The van der Waals surface area contributed by atoms with Crippen LogP contribution in [0, 0.1) is 6.92 Å². The van der Waals surface area contributed by atoms with Gasteiger partial charge in [-0.3, -0.25) is 0 Å². The van der Waals surface area contributed by atoms with Crippen LogP contribution in [0.5, 0.6) is 5.75 Å². The second kappa shape index (κ2) is 4.89. The highest BCUT2D eigenvalue weighted by molar-refractivity contribution is 5.54. The molecular weight excluding hydrogens is 174 g/mol. The minimum Gasteiger partial charge on any atom is -0.489 e. The molecule has 0 heterocycles. The Bertz CT molecular complexity index is 296. The van der Waals surface area contributed by atoms with E-state index in [9.17, 15) is 0 Å². The number of aryl methyl sites for hydroxylation is 1. The minimum absolute atomic E-state index is 0.241. The van der Waals surface area contributed by atoms with Crippen LogP contribution in [-0.2, 0) is 0 Å². The zero-order chi connectivity index (χ0) is 10.6. The lowest BCUT2D eigenvalue weighted by Crippen LogP contribution is -2.12. The second-order valence-electron chi connectivity index (χ2n) is 3.76. The largest absolute Gasteiger partial charge is 0.489 e. The van der Waals surface area contributed by atoms with Crippen molar-refractivity contribution in [3.8, 4) is 5.75 Å². The van der Waals surface area contributed by atoms with Gasteiger partial charge in [0.15, 0.2) is 0 Å². The summed E-state index contributed by atoms with van der Waals surface area (Å²) in [4.78, 5) is 0. The van der Waals surface area contributed by atoms with Crippen LogP contribution in [0.1, 0.15) is 32.3 Å². The Kier molecular flexibility index (Phi) is 3.81. The molecule has 1 atom stereocenters. The molecule has 1 aromatic rings. The van der Waals surface area contributed by atoms with Gasteiger partial charge in [0.05, 0.1) is 11.8 Å². The van der Waals surface area contributed by atoms with E-state index < -0.39 is 0 Å². The first kappa shape index (κ1) is 10.9. The van der Waals surface area contributed by atoms with Gasteiger partial charge in [0.25, 0.3) is 0 Å². The van der Waals surface area contributed by atoms with E-state index in [1.54, 1.807) is 0 Å². The van der Waals surface area contributed by atoms with Crippen molar-refractivity contribution >= 4 is 5.69 Å². The van der Waals surface area contributed by atoms with Crippen molar-refractivity contribution in [2.24, 2.45) is 0 Å². The van der Waals surface area contributed by atoms with Crippen LogP contribution in [0.15, 0.2) is 18.2 Å². The topological polar surface area (TPSA) is 35.2 Å². The number of rotatable bonds is 4. The summed E-state index contributed by atoms with van der Waals surface area (Å²) < 4.78 is 5.72. The monoisotopic (exact) mass is 193 g/mol. The Labute approximate surface area is 86.1 Å². The average molecular weight is 193 g/mol. The highest BCUT2D eigenvalue weighted by Gasteiger charge is 2.05. The van der Waals surface area contributed by atoms with Gasteiger partial charge >= 0.3 is 0 Å². The van der Waals surface area contributed by atoms with Crippen molar-refractivity contribution in [3.63, 3.8) is 0 Å². The van der Waals surface area contributed by atoms with E-state index in [4.69, 9.17) is 10.5 Å². The molecule has 0 aromatic heterocycles. The molecule has 14 heavy (non-hydrogen) atoms. The number of nitrogen functional groups attached to an aromatic ring is 1. The number of hydrogen-bond donors (Lipinski definition) is 1. The summed E-state index contributed by atoms with van der Waals surface area (Å²) in [5.74, 6) is 0.802. The summed E-state index contributed by atoms with van der Waals surface area (Å²) in [6.07, 6.45) is 2.44. The Hall–Kier alpha value is -1.18. The van der Waals surface area contributed by atoms with E-state index in [0.29, 0.717) is 0 Å². The van der Waals surface area contributed by atoms with Gasteiger partial charge in [-0.2, -0.15) is 0 Å². The molecule has 1 unspecified atom stereocenters. The first-order valence-corrected chi connectivity index (χ1v) is 5.16. The predicted octanol–water partition coefficient (Wildman–Crippen LogP) is 3.14. The summed E-state index contributed by atoms with van der Waals surface area (Å²) >= 11 is 0. The van der Waals surface area contributed by atoms with Gasteiger partial charge in [-0.15, -0.1) is 0 Å². The zero-order valence-corrected chi connectivity index (χ0v) is 9.21. The van der Waals surface area contributed by atoms with Gasteiger partial charge in [0.1, 0.15) is 5.75 Å². The van der Waals surface area contributed by atoms with Crippen LogP contribution in [0.4, 0.5) is 5.69 Å². The highest BCUT2D eigenvalue weighted by Crippen LogP contribution is 2.23. The third-order valence-electron chi connectivity index (χ3n) is 2.19. The third kappa shape index (κ3) is 2.95. The summed E-state index contributed by atoms with van der Waals surface area (Å²) in [7, 11) is 0. The maximum atomic E-state index is 5.84. The normalized spacial score (nSPS) is 12.5. The predicted molar refractivity (Wildman–Crippen MR) is 60.6 cm³/mol. The van der Waals surface area contributed by atoms with Crippen molar-refractivity contribution in [2.45, 2.75) is 39.7 Å². The standard InChI is InChI=1S/C12H19NO/c1-4-5-10(3)14-12-7-6-9(2)8-11(12)13/h6-8,10H,4-5,13H2,1-3H3. The van der Waals surface area contributed by atoms with Gasteiger partial charge in [-0.25, -0.2) is 0 Å². The molecule has 0 amide bonds. The van der Waals surface area contributed by atoms with E-state index in [-0.39, 0.29) is 6.10 Å². The fraction of sp³-hybridized carbons (Fsp3) is 0.500. The molecule has 0 radical (unpaired) electrons. The Morgan fingerprint density at radius 2 is 2.14 bits per heavy atom. The molecule has 0 fully saturated rings. The maximum Gasteiger partial charge on any atom is 0.142 e. The van der Waals surface area contributed by atoms with Crippen LogP contribution in [0.2, 0.25) is 0 Å². The first-order valence-electron chi connectivity index (χ1n) is 5.16. The van der Waals surface area contributed by atoms with Crippen LogP contribution < -0.4 is 10.5 Å². The zero-order valence-electron chi connectivity index (χ0n) is 9.21. The second-order valence-corrected chi connectivity index (χ2v) is 3.76. The lowest BCUT2D eigenvalue weighted by molar-refractivity contribution is 0.211. The Balaban J connectivity index is 2.67. The van der Waals surface area contributed by atoms with Gasteiger partial charge in [0.2, 0.25) is 0 Å². The molecule has 2 N–H and O–H groups in total. The van der Waals surface area contributed by atoms with E-state index >= 15 is 0 Å². The van der Waals surface area contributed by atoms with Crippen molar-refractivity contribution in [1.82, 2.24) is 0 Å². The maximum absolute atomic E-state index is 5.84. The number of hydrogen-bond acceptors (Lipinski definition) is 2. The number of benzene rings is 1. The van der Waals surface area contributed by atoms with Crippen LogP contribution in [0.3, 0.4) is 0 Å². The van der Waals surface area contributed by atoms with Crippen molar-refractivity contribution in [3.05, 3.63) is 23.8 Å². The molecule has 1 rings (SSSR count). The smallest absolute Gasteiger partial charge is 0.142 e. The van der Waals surface area contributed by atoms with Crippen LogP contribution >= 0.6 is 0 Å². The van der Waals surface area contributed by atoms with Crippen molar-refractivity contribution in [2.75, 3.05) is 5.73 Å². The SMILES string of the molecule is CCCC(C)Oc1ccc(C)cc1N. The molecule has 0 aliphatic carbocycles. The Morgan fingerprint density at radius 3 is 2.71 bits per heavy atom. The van der Waals surface area contributed by atoms with Gasteiger partial charge in [-0.05, 0) is 38.0 Å². The number of ether oxygens (including phenoxy) is 1. The first-order chi connectivity index (χ1) is 6.63. The quantitative estimate of drug-likeness (QED) is 0.745. The molecule has 1 aromatic carbocycles. The highest BCUT2D eigenvalue weighted by atomic mass is 16.5. The summed E-state index contributed by atoms with van der Waals surface area (Å²) in [5, 5.41) is 0. The summed E-state index contributed by atoms with van der Waals surface area (Å²) in [6.45, 7) is 6.25. The number of anilines is 1. The van der Waals surface area contributed by atoms with Crippen LogP contribution in [0.25, 0.3) is 0 Å². The lowest BCUT2D eigenvalue weighted by atomic mass is 10.2.